The monoisotopic (exact) mass is 280 g/mol. The molecule has 106 valence electrons. The molecule has 1 aliphatic rings. The van der Waals surface area contributed by atoms with Crippen molar-refractivity contribution < 1.29 is 4.74 Å². The fourth-order valence-electron chi connectivity index (χ4n) is 2.75. The number of anilines is 1. The number of fused-ring (bicyclic) bond motifs is 1. The highest BCUT2D eigenvalue weighted by atomic mass is 16.5. The Labute approximate surface area is 122 Å². The zero-order valence-corrected chi connectivity index (χ0v) is 11.6. The Morgan fingerprint density at radius 3 is 2.57 bits per heavy atom. The molecule has 4 rings (SSSR count). The molecule has 0 amide bonds. The van der Waals surface area contributed by atoms with E-state index in [1.54, 1.807) is 6.33 Å². The van der Waals surface area contributed by atoms with Gasteiger partial charge in [-0.15, -0.1) is 10.2 Å². The van der Waals surface area contributed by atoms with Crippen molar-refractivity contribution in [3.63, 3.8) is 0 Å². The molecule has 1 fully saturated rings. The zero-order valence-electron chi connectivity index (χ0n) is 11.6. The summed E-state index contributed by atoms with van der Waals surface area (Å²) in [6, 6.07) is 14.7. The van der Waals surface area contributed by atoms with Crippen LogP contribution in [0, 0.1) is 0 Å². The molecule has 5 nitrogen and oxygen atoms in total. The maximum absolute atomic E-state index is 5.39. The molecule has 3 heterocycles. The average molecular weight is 280 g/mol. The first-order valence-electron chi connectivity index (χ1n) is 7.14. The van der Waals surface area contributed by atoms with E-state index in [1.807, 2.05) is 16.5 Å². The highest BCUT2D eigenvalue weighted by Crippen LogP contribution is 2.24. The summed E-state index contributed by atoms with van der Waals surface area (Å²) in [6.45, 7) is 3.53. The third kappa shape index (κ3) is 2.25. The number of aromatic nitrogens is 3. The number of morpholine rings is 1. The molecule has 0 N–H and O–H groups in total. The number of rotatable bonds is 2. The quantitative estimate of drug-likeness (QED) is 0.722. The summed E-state index contributed by atoms with van der Waals surface area (Å²) < 4.78 is 7.40. The van der Waals surface area contributed by atoms with Crippen LogP contribution in [0.25, 0.3) is 16.9 Å². The predicted molar refractivity (Wildman–Crippen MR) is 81.5 cm³/mol. The Bertz CT molecular complexity index is 744. The maximum atomic E-state index is 5.39. The first kappa shape index (κ1) is 12.3. The van der Waals surface area contributed by atoms with E-state index in [4.69, 9.17) is 4.74 Å². The van der Waals surface area contributed by atoms with E-state index in [0.29, 0.717) is 0 Å². The summed E-state index contributed by atoms with van der Waals surface area (Å²) in [5.41, 5.74) is 4.38. The lowest BCUT2D eigenvalue weighted by atomic mass is 10.1. The Kier molecular flexibility index (Phi) is 3.05. The summed E-state index contributed by atoms with van der Waals surface area (Å²) in [6.07, 6.45) is 1.75. The van der Waals surface area contributed by atoms with Crippen molar-refractivity contribution in [3.05, 3.63) is 48.8 Å². The molecule has 21 heavy (non-hydrogen) atoms. The van der Waals surface area contributed by atoms with Crippen molar-refractivity contribution in [2.24, 2.45) is 0 Å². The lowest BCUT2D eigenvalue weighted by molar-refractivity contribution is 0.122. The van der Waals surface area contributed by atoms with Gasteiger partial charge in [-0.05, 0) is 29.8 Å². The fourth-order valence-corrected chi connectivity index (χ4v) is 2.75. The maximum Gasteiger partial charge on any atom is 0.161 e. The standard InChI is InChI=1S/C16H16N4O/c1-2-15(20-12-17-18-16(20)3-1)13-4-6-14(7-5-13)19-8-10-21-11-9-19/h1-7,12H,8-11H2. The molecule has 0 bridgehead atoms. The number of hydrogen-bond donors (Lipinski definition) is 0. The Morgan fingerprint density at radius 2 is 1.76 bits per heavy atom. The molecular weight excluding hydrogens is 264 g/mol. The van der Waals surface area contributed by atoms with Crippen LogP contribution in [-0.4, -0.2) is 40.9 Å². The largest absolute Gasteiger partial charge is 0.378 e. The number of ether oxygens (including phenoxy) is 1. The molecule has 1 saturated heterocycles. The van der Waals surface area contributed by atoms with Gasteiger partial charge in [-0.1, -0.05) is 18.2 Å². The Balaban J connectivity index is 1.68. The van der Waals surface area contributed by atoms with Crippen LogP contribution in [0.15, 0.2) is 48.8 Å². The van der Waals surface area contributed by atoms with Crippen molar-refractivity contribution in [2.75, 3.05) is 31.2 Å². The highest BCUT2D eigenvalue weighted by molar-refractivity contribution is 5.66. The van der Waals surface area contributed by atoms with Crippen LogP contribution in [0.3, 0.4) is 0 Å². The van der Waals surface area contributed by atoms with Crippen LogP contribution in [0.2, 0.25) is 0 Å². The van der Waals surface area contributed by atoms with Gasteiger partial charge in [-0.3, -0.25) is 4.40 Å². The summed E-state index contributed by atoms with van der Waals surface area (Å²) in [7, 11) is 0. The summed E-state index contributed by atoms with van der Waals surface area (Å²) >= 11 is 0. The minimum Gasteiger partial charge on any atom is -0.378 e. The van der Waals surface area contributed by atoms with Crippen molar-refractivity contribution in [1.29, 1.82) is 0 Å². The second-order valence-corrected chi connectivity index (χ2v) is 5.12. The second-order valence-electron chi connectivity index (χ2n) is 5.12. The van der Waals surface area contributed by atoms with Gasteiger partial charge in [0, 0.05) is 18.8 Å². The van der Waals surface area contributed by atoms with Gasteiger partial charge in [0.15, 0.2) is 5.65 Å². The summed E-state index contributed by atoms with van der Waals surface area (Å²) in [5, 5.41) is 8.06. The van der Waals surface area contributed by atoms with Gasteiger partial charge in [0.1, 0.15) is 6.33 Å². The van der Waals surface area contributed by atoms with Gasteiger partial charge in [0.05, 0.1) is 18.9 Å². The molecular formula is C16H16N4O. The summed E-state index contributed by atoms with van der Waals surface area (Å²) in [4.78, 5) is 2.35. The van der Waals surface area contributed by atoms with Gasteiger partial charge in [0.2, 0.25) is 0 Å². The highest BCUT2D eigenvalue weighted by Gasteiger charge is 2.11. The Hall–Kier alpha value is -2.40. The van der Waals surface area contributed by atoms with Crippen molar-refractivity contribution >= 4 is 11.3 Å². The normalized spacial score (nSPS) is 15.5. The van der Waals surface area contributed by atoms with E-state index in [9.17, 15) is 0 Å². The molecule has 0 atom stereocenters. The van der Waals surface area contributed by atoms with Crippen LogP contribution in [0.5, 0.6) is 0 Å². The molecule has 1 aromatic carbocycles. The van der Waals surface area contributed by atoms with E-state index in [2.05, 4.69) is 45.4 Å². The molecule has 2 aromatic heterocycles. The van der Waals surface area contributed by atoms with Gasteiger partial charge >= 0.3 is 0 Å². The molecule has 0 radical (unpaired) electrons. The molecule has 3 aromatic rings. The van der Waals surface area contributed by atoms with Crippen LogP contribution in [-0.2, 0) is 4.74 Å². The van der Waals surface area contributed by atoms with Crippen molar-refractivity contribution in [1.82, 2.24) is 14.6 Å². The number of nitrogens with zero attached hydrogens (tertiary/aromatic N) is 4. The lowest BCUT2D eigenvalue weighted by Crippen LogP contribution is -2.36. The number of pyridine rings is 1. The number of benzene rings is 1. The van der Waals surface area contributed by atoms with Crippen molar-refractivity contribution in [3.8, 4) is 11.3 Å². The minimum absolute atomic E-state index is 0.807. The molecule has 0 spiro atoms. The fraction of sp³-hybridized carbons (Fsp3) is 0.250. The first-order chi connectivity index (χ1) is 10.4. The van der Waals surface area contributed by atoms with Crippen LogP contribution in [0.1, 0.15) is 0 Å². The van der Waals surface area contributed by atoms with E-state index < -0.39 is 0 Å². The van der Waals surface area contributed by atoms with Crippen LogP contribution >= 0.6 is 0 Å². The third-order valence-electron chi connectivity index (χ3n) is 3.87. The molecule has 0 saturated carbocycles. The predicted octanol–water partition coefficient (Wildman–Crippen LogP) is 2.23. The average Bonchev–Trinajstić information content (AvgIpc) is 3.04. The van der Waals surface area contributed by atoms with Crippen LogP contribution < -0.4 is 4.90 Å². The van der Waals surface area contributed by atoms with Crippen LogP contribution in [0.4, 0.5) is 5.69 Å². The molecule has 1 aliphatic heterocycles. The van der Waals surface area contributed by atoms with Crippen molar-refractivity contribution in [2.45, 2.75) is 0 Å². The Morgan fingerprint density at radius 1 is 0.952 bits per heavy atom. The SMILES string of the molecule is c1cc(-c2ccc(N3CCOCC3)cc2)n2cnnc2c1. The van der Waals surface area contributed by atoms with E-state index in [-0.39, 0.29) is 0 Å². The number of hydrogen-bond acceptors (Lipinski definition) is 4. The minimum atomic E-state index is 0.807. The van der Waals surface area contributed by atoms with Gasteiger partial charge in [-0.2, -0.15) is 0 Å². The van der Waals surface area contributed by atoms with E-state index in [1.165, 1.54) is 5.69 Å². The molecule has 0 unspecified atom stereocenters. The van der Waals surface area contributed by atoms with E-state index >= 15 is 0 Å². The van der Waals surface area contributed by atoms with E-state index in [0.717, 1.165) is 43.2 Å². The van der Waals surface area contributed by atoms with Gasteiger partial charge in [0.25, 0.3) is 0 Å². The second kappa shape index (κ2) is 5.18. The lowest BCUT2D eigenvalue weighted by Gasteiger charge is -2.28. The van der Waals surface area contributed by atoms with Gasteiger partial charge < -0.3 is 9.64 Å². The molecule has 5 heteroatoms. The summed E-state index contributed by atoms with van der Waals surface area (Å²) in [5.74, 6) is 0. The topological polar surface area (TPSA) is 42.7 Å². The smallest absolute Gasteiger partial charge is 0.161 e. The zero-order chi connectivity index (χ0) is 14.1. The van der Waals surface area contributed by atoms with Gasteiger partial charge in [-0.25, -0.2) is 0 Å². The third-order valence-corrected chi connectivity index (χ3v) is 3.87. The molecule has 0 aliphatic carbocycles. The first-order valence-corrected chi connectivity index (χ1v) is 7.14.